The van der Waals surface area contributed by atoms with E-state index >= 15 is 0 Å². The summed E-state index contributed by atoms with van der Waals surface area (Å²) >= 11 is 0. The van der Waals surface area contributed by atoms with Crippen LogP contribution in [0.5, 0.6) is 0 Å². The highest BCUT2D eigenvalue weighted by molar-refractivity contribution is 5.83. The summed E-state index contributed by atoms with van der Waals surface area (Å²) < 4.78 is 4.80. The molecular formula is C9H18N2O4. The molecule has 0 saturated carbocycles. The molecule has 0 rings (SSSR count). The van der Waals surface area contributed by atoms with Crippen molar-refractivity contribution in [3.05, 3.63) is 0 Å². The molecule has 6 heteroatoms. The van der Waals surface area contributed by atoms with Gasteiger partial charge < -0.3 is 20.5 Å². The quantitative estimate of drug-likeness (QED) is 0.580. The van der Waals surface area contributed by atoms with Gasteiger partial charge in [0, 0.05) is 26.1 Å². The van der Waals surface area contributed by atoms with Crippen LogP contribution >= 0.6 is 0 Å². The number of carboxylic acids is 1. The van der Waals surface area contributed by atoms with E-state index in [1.54, 1.807) is 6.92 Å². The minimum Gasteiger partial charge on any atom is -0.480 e. The number of nitrogens with two attached hydrogens (primary N) is 1. The van der Waals surface area contributed by atoms with Crippen molar-refractivity contribution < 1.29 is 19.4 Å². The van der Waals surface area contributed by atoms with Crippen molar-refractivity contribution in [1.29, 1.82) is 0 Å². The summed E-state index contributed by atoms with van der Waals surface area (Å²) in [5, 5.41) is 8.62. The molecule has 0 fully saturated rings. The number of methoxy groups -OCH3 is 1. The van der Waals surface area contributed by atoms with Crippen LogP contribution in [0.1, 0.15) is 6.92 Å². The third kappa shape index (κ3) is 5.34. The average molecular weight is 218 g/mol. The number of carbonyl (C=O) groups excluding carboxylic acids is 1. The lowest BCUT2D eigenvalue weighted by atomic mass is 10.1. The highest BCUT2D eigenvalue weighted by Gasteiger charge is 2.20. The Morgan fingerprint density at radius 1 is 1.53 bits per heavy atom. The van der Waals surface area contributed by atoms with Crippen LogP contribution in [0.15, 0.2) is 0 Å². The minimum absolute atomic E-state index is 0.210. The van der Waals surface area contributed by atoms with Crippen LogP contribution in [0.25, 0.3) is 0 Å². The Morgan fingerprint density at radius 2 is 2.13 bits per heavy atom. The molecule has 0 radical (unpaired) electrons. The van der Waals surface area contributed by atoms with E-state index in [1.807, 2.05) is 0 Å². The van der Waals surface area contributed by atoms with Gasteiger partial charge in [0.05, 0.1) is 6.61 Å². The first-order valence-corrected chi connectivity index (χ1v) is 4.72. The largest absolute Gasteiger partial charge is 0.480 e. The molecule has 0 spiro atoms. The summed E-state index contributed by atoms with van der Waals surface area (Å²) in [5.41, 5.74) is 5.34. The molecule has 0 saturated heterocycles. The van der Waals surface area contributed by atoms with E-state index in [4.69, 9.17) is 15.6 Å². The van der Waals surface area contributed by atoms with Crippen molar-refractivity contribution in [1.82, 2.24) is 4.90 Å². The van der Waals surface area contributed by atoms with E-state index in [0.29, 0.717) is 6.61 Å². The third-order valence-corrected chi connectivity index (χ3v) is 1.98. The molecule has 0 aromatic heterocycles. The topological polar surface area (TPSA) is 92.9 Å². The fourth-order valence-corrected chi connectivity index (χ4v) is 1.04. The Balaban J connectivity index is 4.32. The molecule has 0 aliphatic heterocycles. The first kappa shape index (κ1) is 13.9. The van der Waals surface area contributed by atoms with Crippen LogP contribution in [0.4, 0.5) is 0 Å². The molecular weight excluding hydrogens is 200 g/mol. The van der Waals surface area contributed by atoms with E-state index < -0.39 is 5.97 Å². The van der Waals surface area contributed by atoms with E-state index in [9.17, 15) is 9.59 Å². The molecule has 3 N–H and O–H groups in total. The van der Waals surface area contributed by atoms with Gasteiger partial charge in [-0.1, -0.05) is 6.92 Å². The molecule has 1 unspecified atom stereocenters. The van der Waals surface area contributed by atoms with Crippen molar-refractivity contribution in [3.63, 3.8) is 0 Å². The molecule has 1 atom stereocenters. The third-order valence-electron chi connectivity index (χ3n) is 1.98. The molecule has 15 heavy (non-hydrogen) atoms. The fraction of sp³-hybridized carbons (Fsp3) is 0.778. The van der Waals surface area contributed by atoms with E-state index in [-0.39, 0.29) is 31.5 Å². The van der Waals surface area contributed by atoms with Crippen molar-refractivity contribution >= 4 is 11.9 Å². The SMILES string of the molecule is COCCN(CC(=O)O)C(=O)C(C)CN. The number of rotatable bonds is 7. The molecule has 6 nitrogen and oxygen atoms in total. The van der Waals surface area contributed by atoms with Gasteiger partial charge in [-0.25, -0.2) is 0 Å². The lowest BCUT2D eigenvalue weighted by molar-refractivity contribution is -0.146. The van der Waals surface area contributed by atoms with Crippen LogP contribution < -0.4 is 5.73 Å². The Morgan fingerprint density at radius 3 is 2.53 bits per heavy atom. The van der Waals surface area contributed by atoms with Gasteiger partial charge in [0.25, 0.3) is 0 Å². The molecule has 0 aliphatic rings. The summed E-state index contributed by atoms with van der Waals surface area (Å²) in [6.07, 6.45) is 0. The molecule has 1 amide bonds. The maximum Gasteiger partial charge on any atom is 0.323 e. The smallest absolute Gasteiger partial charge is 0.323 e. The normalized spacial score (nSPS) is 12.2. The van der Waals surface area contributed by atoms with Gasteiger partial charge >= 0.3 is 5.97 Å². The summed E-state index contributed by atoms with van der Waals surface area (Å²) in [5.74, 6) is -1.65. The predicted molar refractivity (Wildman–Crippen MR) is 54.3 cm³/mol. The molecule has 0 aromatic carbocycles. The lowest BCUT2D eigenvalue weighted by Gasteiger charge is -2.23. The van der Waals surface area contributed by atoms with Gasteiger partial charge in [-0.05, 0) is 0 Å². The van der Waals surface area contributed by atoms with E-state index in [0.717, 1.165) is 0 Å². The van der Waals surface area contributed by atoms with Gasteiger partial charge in [0.15, 0.2) is 0 Å². The molecule has 0 heterocycles. The van der Waals surface area contributed by atoms with Crippen LogP contribution in [0, 0.1) is 5.92 Å². The van der Waals surface area contributed by atoms with Crippen molar-refractivity contribution in [3.8, 4) is 0 Å². The average Bonchev–Trinajstić information content (AvgIpc) is 2.21. The zero-order valence-electron chi connectivity index (χ0n) is 9.10. The minimum atomic E-state index is -1.04. The Bertz CT molecular complexity index is 220. The second-order valence-corrected chi connectivity index (χ2v) is 3.28. The Hall–Kier alpha value is -1.14. The zero-order valence-corrected chi connectivity index (χ0v) is 9.10. The highest BCUT2D eigenvalue weighted by atomic mass is 16.5. The first-order chi connectivity index (χ1) is 7.02. The number of carboxylic acid groups (broad SMARTS) is 1. The van der Waals surface area contributed by atoms with Crippen LogP contribution in [-0.2, 0) is 14.3 Å². The first-order valence-electron chi connectivity index (χ1n) is 4.72. The zero-order chi connectivity index (χ0) is 11.8. The summed E-state index contributed by atoms with van der Waals surface area (Å²) in [7, 11) is 1.50. The molecule has 0 bridgehead atoms. The Labute approximate surface area is 89.0 Å². The lowest BCUT2D eigenvalue weighted by Crippen LogP contribution is -2.42. The standard InChI is InChI=1S/C9H18N2O4/c1-7(5-10)9(14)11(3-4-15-2)6-8(12)13/h7H,3-6,10H2,1-2H3,(H,12,13). The highest BCUT2D eigenvalue weighted by Crippen LogP contribution is 2.00. The predicted octanol–water partition coefficient (Wildman–Crippen LogP) is -0.859. The van der Waals surface area contributed by atoms with Crippen LogP contribution in [0.2, 0.25) is 0 Å². The van der Waals surface area contributed by atoms with Gasteiger partial charge in [0.1, 0.15) is 6.54 Å². The number of hydrogen-bond acceptors (Lipinski definition) is 4. The number of aliphatic carboxylic acids is 1. The van der Waals surface area contributed by atoms with Crippen molar-refractivity contribution in [2.24, 2.45) is 11.7 Å². The van der Waals surface area contributed by atoms with Crippen molar-refractivity contribution in [2.45, 2.75) is 6.92 Å². The summed E-state index contributed by atoms with van der Waals surface area (Å²) in [4.78, 5) is 23.4. The monoisotopic (exact) mass is 218 g/mol. The summed E-state index contributed by atoms with van der Waals surface area (Å²) in [6.45, 7) is 2.15. The molecule has 0 aliphatic carbocycles. The number of amides is 1. The Kier molecular flexibility index (Phi) is 6.64. The van der Waals surface area contributed by atoms with Gasteiger partial charge in [0.2, 0.25) is 5.91 Å². The number of nitrogens with zero attached hydrogens (tertiary/aromatic N) is 1. The molecule has 0 aromatic rings. The number of carbonyl (C=O) groups is 2. The second-order valence-electron chi connectivity index (χ2n) is 3.28. The van der Waals surface area contributed by atoms with Gasteiger partial charge in [-0.2, -0.15) is 0 Å². The van der Waals surface area contributed by atoms with E-state index in [1.165, 1.54) is 12.0 Å². The summed E-state index contributed by atoms with van der Waals surface area (Å²) in [6, 6.07) is 0. The maximum absolute atomic E-state index is 11.6. The number of ether oxygens (including phenoxy) is 1. The van der Waals surface area contributed by atoms with Crippen LogP contribution in [0.3, 0.4) is 0 Å². The fourth-order valence-electron chi connectivity index (χ4n) is 1.04. The van der Waals surface area contributed by atoms with Gasteiger partial charge in [-0.3, -0.25) is 9.59 Å². The number of hydrogen-bond donors (Lipinski definition) is 2. The van der Waals surface area contributed by atoms with E-state index in [2.05, 4.69) is 0 Å². The van der Waals surface area contributed by atoms with Crippen LogP contribution in [-0.4, -0.2) is 55.2 Å². The van der Waals surface area contributed by atoms with Crippen molar-refractivity contribution in [2.75, 3.05) is 33.4 Å². The maximum atomic E-state index is 11.6. The van der Waals surface area contributed by atoms with Gasteiger partial charge in [-0.15, -0.1) is 0 Å². The second kappa shape index (κ2) is 7.19. The molecule has 88 valence electrons.